The number of ketones is 1. The lowest BCUT2D eigenvalue weighted by atomic mass is 10.3. The Bertz CT molecular complexity index is 445. The molecule has 0 saturated heterocycles. The molecular weight excluding hydrogens is 178 g/mol. The van der Waals surface area contributed by atoms with Gasteiger partial charge in [0.05, 0.1) is 0 Å². The minimum absolute atomic E-state index is 0.0767. The molecule has 2 aromatic heterocycles. The molecule has 0 bridgehead atoms. The van der Waals surface area contributed by atoms with Crippen LogP contribution < -0.4 is 0 Å². The highest BCUT2D eigenvalue weighted by Crippen LogP contribution is 2.19. The van der Waals surface area contributed by atoms with Gasteiger partial charge < -0.3 is 4.42 Å². The van der Waals surface area contributed by atoms with Gasteiger partial charge in [-0.05, 0) is 24.3 Å². The van der Waals surface area contributed by atoms with Crippen LogP contribution in [0.4, 0.5) is 0 Å². The van der Waals surface area contributed by atoms with Gasteiger partial charge >= 0.3 is 0 Å². The van der Waals surface area contributed by atoms with Crippen LogP contribution in [0.2, 0.25) is 0 Å². The maximum atomic E-state index is 11.0. The van der Waals surface area contributed by atoms with E-state index in [2.05, 4.69) is 4.98 Å². The second-order valence-electron chi connectivity index (χ2n) is 2.94. The summed E-state index contributed by atoms with van der Waals surface area (Å²) in [6, 6.07) is 8.95. The number of furan rings is 1. The molecule has 0 amide bonds. The van der Waals surface area contributed by atoms with Crippen molar-refractivity contribution in [2.75, 3.05) is 0 Å². The van der Waals surface area contributed by atoms with Gasteiger partial charge in [0, 0.05) is 13.1 Å². The van der Waals surface area contributed by atoms with E-state index >= 15 is 0 Å². The van der Waals surface area contributed by atoms with Crippen molar-refractivity contribution in [1.82, 2.24) is 4.98 Å². The molecule has 2 rings (SSSR count). The lowest BCUT2D eigenvalue weighted by molar-refractivity contribution is 0.0988. The molecule has 0 saturated carbocycles. The molecule has 2 heterocycles. The highest BCUT2D eigenvalue weighted by molar-refractivity contribution is 5.91. The molecule has 0 aliphatic heterocycles. The van der Waals surface area contributed by atoms with Crippen LogP contribution in [0.3, 0.4) is 0 Å². The molecule has 2 aromatic rings. The zero-order valence-electron chi connectivity index (χ0n) is 7.73. The van der Waals surface area contributed by atoms with E-state index in [1.54, 1.807) is 18.3 Å². The molecule has 0 aliphatic rings. The zero-order valence-corrected chi connectivity index (χ0v) is 7.73. The molecule has 70 valence electrons. The summed E-state index contributed by atoms with van der Waals surface area (Å²) in [5.41, 5.74) is 0.736. The molecule has 14 heavy (non-hydrogen) atoms. The number of rotatable bonds is 2. The van der Waals surface area contributed by atoms with Gasteiger partial charge in [0.15, 0.2) is 17.3 Å². The highest BCUT2D eigenvalue weighted by Gasteiger charge is 2.07. The number of hydrogen-bond donors (Lipinski definition) is 0. The second-order valence-corrected chi connectivity index (χ2v) is 2.94. The van der Waals surface area contributed by atoms with Gasteiger partial charge in [0.2, 0.25) is 0 Å². The van der Waals surface area contributed by atoms with E-state index in [9.17, 15) is 4.79 Å². The Morgan fingerprint density at radius 3 is 2.71 bits per heavy atom. The summed E-state index contributed by atoms with van der Waals surface area (Å²) >= 11 is 0. The largest absolute Gasteiger partial charge is 0.451 e. The first-order valence-corrected chi connectivity index (χ1v) is 4.29. The van der Waals surface area contributed by atoms with E-state index < -0.39 is 0 Å². The maximum absolute atomic E-state index is 11.0. The fraction of sp³-hybridized carbons (Fsp3) is 0.0909. The Morgan fingerprint density at radius 1 is 1.29 bits per heavy atom. The number of pyridine rings is 1. The maximum Gasteiger partial charge on any atom is 0.194 e. The average molecular weight is 187 g/mol. The first-order chi connectivity index (χ1) is 6.77. The Balaban J connectivity index is 2.39. The highest BCUT2D eigenvalue weighted by atomic mass is 16.3. The molecule has 0 spiro atoms. The average Bonchev–Trinajstić information content (AvgIpc) is 2.68. The predicted molar refractivity (Wildman–Crippen MR) is 51.9 cm³/mol. The third kappa shape index (κ3) is 1.57. The second kappa shape index (κ2) is 3.46. The first-order valence-electron chi connectivity index (χ1n) is 4.29. The fourth-order valence-corrected chi connectivity index (χ4v) is 1.17. The van der Waals surface area contributed by atoms with Crippen LogP contribution >= 0.6 is 0 Å². The molecule has 0 N–H and O–H groups in total. The molecule has 0 atom stereocenters. The Kier molecular flexibility index (Phi) is 2.14. The van der Waals surface area contributed by atoms with E-state index in [1.807, 2.05) is 18.2 Å². The van der Waals surface area contributed by atoms with Crippen molar-refractivity contribution in [3.8, 4) is 11.5 Å². The third-order valence-electron chi connectivity index (χ3n) is 1.87. The molecule has 0 unspecified atom stereocenters. The van der Waals surface area contributed by atoms with Crippen LogP contribution in [-0.4, -0.2) is 10.8 Å². The molecule has 0 aliphatic carbocycles. The SMILES string of the molecule is CC(=O)c1ccc(-c2ccccn2)o1. The van der Waals surface area contributed by atoms with Gasteiger partial charge in [0.1, 0.15) is 5.69 Å². The lowest BCUT2D eigenvalue weighted by Crippen LogP contribution is -1.86. The van der Waals surface area contributed by atoms with E-state index in [0.29, 0.717) is 11.5 Å². The first kappa shape index (κ1) is 8.69. The third-order valence-corrected chi connectivity index (χ3v) is 1.87. The quantitative estimate of drug-likeness (QED) is 0.678. The van der Waals surface area contributed by atoms with Crippen LogP contribution in [0.25, 0.3) is 11.5 Å². The molecular formula is C11H9NO2. The van der Waals surface area contributed by atoms with Gasteiger partial charge in [0.25, 0.3) is 0 Å². The lowest BCUT2D eigenvalue weighted by Gasteiger charge is -1.93. The number of nitrogens with zero attached hydrogens (tertiary/aromatic N) is 1. The van der Waals surface area contributed by atoms with Gasteiger partial charge in [-0.1, -0.05) is 6.07 Å². The standard InChI is InChI=1S/C11H9NO2/c1-8(13)10-5-6-11(14-10)9-4-2-3-7-12-9/h2-7H,1H3. The molecule has 0 aromatic carbocycles. The molecule has 3 heteroatoms. The van der Waals surface area contributed by atoms with Gasteiger partial charge in [-0.2, -0.15) is 0 Å². The normalized spacial score (nSPS) is 10.1. The Morgan fingerprint density at radius 2 is 2.14 bits per heavy atom. The summed E-state index contributed by atoms with van der Waals surface area (Å²) < 4.78 is 5.32. The number of carbonyl (C=O) groups excluding carboxylic acids is 1. The molecule has 0 fully saturated rings. The van der Waals surface area contributed by atoms with Crippen LogP contribution in [0.1, 0.15) is 17.5 Å². The predicted octanol–water partition coefficient (Wildman–Crippen LogP) is 2.54. The fourth-order valence-electron chi connectivity index (χ4n) is 1.17. The van der Waals surface area contributed by atoms with Gasteiger partial charge in [-0.15, -0.1) is 0 Å². The summed E-state index contributed by atoms with van der Waals surface area (Å²) in [7, 11) is 0. The van der Waals surface area contributed by atoms with Crippen molar-refractivity contribution in [2.24, 2.45) is 0 Å². The zero-order chi connectivity index (χ0) is 9.97. The van der Waals surface area contributed by atoms with E-state index in [-0.39, 0.29) is 5.78 Å². The Labute approximate surface area is 81.4 Å². The van der Waals surface area contributed by atoms with Crippen molar-refractivity contribution in [3.05, 3.63) is 42.3 Å². The van der Waals surface area contributed by atoms with Crippen molar-refractivity contribution >= 4 is 5.78 Å². The molecule has 3 nitrogen and oxygen atoms in total. The topological polar surface area (TPSA) is 43.1 Å². The summed E-state index contributed by atoms with van der Waals surface area (Å²) in [5, 5.41) is 0. The number of aromatic nitrogens is 1. The van der Waals surface area contributed by atoms with E-state index in [0.717, 1.165) is 5.69 Å². The van der Waals surface area contributed by atoms with Crippen LogP contribution in [0, 0.1) is 0 Å². The van der Waals surface area contributed by atoms with Crippen LogP contribution in [0.5, 0.6) is 0 Å². The van der Waals surface area contributed by atoms with Crippen molar-refractivity contribution in [1.29, 1.82) is 0 Å². The van der Waals surface area contributed by atoms with Crippen LogP contribution in [0.15, 0.2) is 40.9 Å². The van der Waals surface area contributed by atoms with Gasteiger partial charge in [-0.25, -0.2) is 0 Å². The number of Topliss-reactive ketones (excluding diaryl/α,β-unsaturated/α-hetero) is 1. The van der Waals surface area contributed by atoms with Crippen LogP contribution in [-0.2, 0) is 0 Å². The minimum atomic E-state index is -0.0767. The summed E-state index contributed by atoms with van der Waals surface area (Å²) in [6.45, 7) is 1.47. The minimum Gasteiger partial charge on any atom is -0.451 e. The van der Waals surface area contributed by atoms with Crippen molar-refractivity contribution < 1.29 is 9.21 Å². The number of hydrogen-bond acceptors (Lipinski definition) is 3. The van der Waals surface area contributed by atoms with Crippen molar-refractivity contribution in [2.45, 2.75) is 6.92 Å². The summed E-state index contributed by atoms with van der Waals surface area (Å²) in [5.74, 6) is 0.911. The summed E-state index contributed by atoms with van der Waals surface area (Å²) in [6.07, 6.45) is 1.69. The van der Waals surface area contributed by atoms with Gasteiger partial charge in [-0.3, -0.25) is 9.78 Å². The Hall–Kier alpha value is -1.90. The number of carbonyl (C=O) groups is 1. The van der Waals surface area contributed by atoms with E-state index in [4.69, 9.17) is 4.42 Å². The summed E-state index contributed by atoms with van der Waals surface area (Å²) in [4.78, 5) is 15.1. The monoisotopic (exact) mass is 187 g/mol. The smallest absolute Gasteiger partial charge is 0.194 e. The van der Waals surface area contributed by atoms with Crippen molar-refractivity contribution in [3.63, 3.8) is 0 Å². The van der Waals surface area contributed by atoms with E-state index in [1.165, 1.54) is 6.92 Å². The molecule has 0 radical (unpaired) electrons.